The van der Waals surface area contributed by atoms with Gasteiger partial charge in [0.05, 0.1) is 48.2 Å². The number of nitrogens with zero attached hydrogens (tertiary/aromatic N) is 2. The van der Waals surface area contributed by atoms with Crippen molar-refractivity contribution in [1.82, 2.24) is 9.47 Å². The Hall–Kier alpha value is -3.40. The maximum Gasteiger partial charge on any atom is 0.406 e. The summed E-state index contributed by atoms with van der Waals surface area (Å²) in [6, 6.07) is 12.5. The van der Waals surface area contributed by atoms with Crippen LogP contribution in [0.1, 0.15) is 51.1 Å². The standard InChI is InChI=1S/C35H43F3N4O4S/c1-3-46-33-21-28(47(2,43)44)13-14-31(33)39-17-5-6-27-20-29-30(7-4-8-32(29)42(27)22-35(36,37)38)40-25-9-11-26(12-10-25)41-18-15-34(16-19-41)23-45-24-34/h4,7-8,13-14,20-21,25-26,39-40H,3,9-12,15-19,22-24H2,1-2H3/t25-,26+. The molecule has 3 fully saturated rings. The van der Waals surface area contributed by atoms with Gasteiger partial charge in [-0.25, -0.2) is 8.42 Å². The Morgan fingerprint density at radius 3 is 2.43 bits per heavy atom. The van der Waals surface area contributed by atoms with Gasteiger partial charge in [-0.15, -0.1) is 0 Å². The van der Waals surface area contributed by atoms with Crippen LogP contribution >= 0.6 is 0 Å². The quantitative estimate of drug-likeness (QED) is 0.258. The molecule has 47 heavy (non-hydrogen) atoms. The van der Waals surface area contributed by atoms with Gasteiger partial charge < -0.3 is 29.6 Å². The normalized spacial score (nSPS) is 21.6. The van der Waals surface area contributed by atoms with Crippen LogP contribution in [0.5, 0.6) is 5.75 Å². The van der Waals surface area contributed by atoms with E-state index in [1.165, 1.54) is 29.5 Å². The zero-order chi connectivity index (χ0) is 33.2. The van der Waals surface area contributed by atoms with Crippen molar-refractivity contribution < 1.29 is 31.1 Å². The van der Waals surface area contributed by atoms with E-state index >= 15 is 0 Å². The number of halogens is 3. The molecule has 6 rings (SSSR count). The number of likely N-dealkylation sites (tertiary alicyclic amines) is 1. The van der Waals surface area contributed by atoms with Crippen molar-refractivity contribution in [1.29, 1.82) is 0 Å². The van der Waals surface area contributed by atoms with Crippen LogP contribution in [0.15, 0.2) is 47.4 Å². The van der Waals surface area contributed by atoms with Crippen LogP contribution in [0.25, 0.3) is 10.9 Å². The molecule has 8 nitrogen and oxygen atoms in total. The minimum Gasteiger partial charge on any atom is -0.492 e. The molecule has 0 amide bonds. The first-order valence-corrected chi connectivity index (χ1v) is 18.3. The van der Waals surface area contributed by atoms with Gasteiger partial charge in [0, 0.05) is 40.9 Å². The molecule has 3 aliphatic rings. The van der Waals surface area contributed by atoms with Gasteiger partial charge >= 0.3 is 6.18 Å². The molecule has 3 heterocycles. The fraction of sp³-hybridized carbons (Fsp3) is 0.543. The van der Waals surface area contributed by atoms with Crippen LogP contribution in [-0.4, -0.2) is 81.9 Å². The first-order valence-electron chi connectivity index (χ1n) is 16.4. The maximum absolute atomic E-state index is 13.7. The number of piperidine rings is 1. The van der Waals surface area contributed by atoms with E-state index in [1.54, 1.807) is 31.2 Å². The van der Waals surface area contributed by atoms with Gasteiger partial charge in [0.15, 0.2) is 9.84 Å². The first-order chi connectivity index (χ1) is 22.4. The summed E-state index contributed by atoms with van der Waals surface area (Å²) < 4.78 is 77.5. The Kier molecular flexibility index (Phi) is 9.70. The van der Waals surface area contributed by atoms with E-state index < -0.39 is 22.6 Å². The third-order valence-electron chi connectivity index (χ3n) is 9.80. The lowest BCUT2D eigenvalue weighted by atomic mass is 9.76. The lowest BCUT2D eigenvalue weighted by molar-refractivity contribution is -0.143. The summed E-state index contributed by atoms with van der Waals surface area (Å²) in [5, 5.41) is 7.48. The molecule has 0 bridgehead atoms. The average molecular weight is 673 g/mol. The third-order valence-corrected chi connectivity index (χ3v) is 10.9. The Balaban J connectivity index is 1.15. The van der Waals surface area contributed by atoms with E-state index in [-0.39, 0.29) is 23.2 Å². The number of anilines is 2. The molecule has 1 aromatic heterocycles. The molecule has 0 radical (unpaired) electrons. The third kappa shape index (κ3) is 7.85. The molecule has 1 aliphatic carbocycles. The number of rotatable bonds is 9. The molecular formula is C35H43F3N4O4S. The average Bonchev–Trinajstić information content (AvgIpc) is 3.35. The number of fused-ring (bicyclic) bond motifs is 1. The Morgan fingerprint density at radius 1 is 1.04 bits per heavy atom. The van der Waals surface area contributed by atoms with Crippen LogP contribution in [0, 0.1) is 17.3 Å². The van der Waals surface area contributed by atoms with Gasteiger partial charge in [-0.05, 0) is 94.8 Å². The second kappa shape index (κ2) is 13.6. The van der Waals surface area contributed by atoms with Crippen molar-refractivity contribution >= 4 is 32.1 Å². The van der Waals surface area contributed by atoms with Crippen molar-refractivity contribution in [2.45, 2.75) is 75.1 Å². The fourth-order valence-corrected chi connectivity index (χ4v) is 7.78. The van der Waals surface area contributed by atoms with E-state index in [2.05, 4.69) is 27.4 Å². The predicted molar refractivity (Wildman–Crippen MR) is 178 cm³/mol. The highest BCUT2D eigenvalue weighted by molar-refractivity contribution is 7.90. The molecule has 2 aliphatic heterocycles. The van der Waals surface area contributed by atoms with E-state index in [0.717, 1.165) is 69.3 Å². The van der Waals surface area contributed by atoms with Crippen LogP contribution in [0.2, 0.25) is 0 Å². The topological polar surface area (TPSA) is 84.8 Å². The molecule has 254 valence electrons. The van der Waals surface area contributed by atoms with E-state index in [0.29, 0.717) is 35.0 Å². The van der Waals surface area contributed by atoms with Crippen molar-refractivity contribution in [3.8, 4) is 17.6 Å². The number of nitrogens with one attached hydrogen (secondary N) is 2. The SMILES string of the molecule is CCOc1cc(S(C)(=O)=O)ccc1NCC#Cc1cc2c(N[C@H]3CC[C@@H](N4CCC5(CC4)COC5)CC3)cccc2n1CC(F)(F)F. The number of hydrogen-bond acceptors (Lipinski definition) is 7. The molecule has 12 heteroatoms. The minimum absolute atomic E-state index is 0.117. The van der Waals surface area contributed by atoms with Crippen molar-refractivity contribution in [2.75, 3.05) is 56.3 Å². The van der Waals surface area contributed by atoms with Crippen LogP contribution in [0.3, 0.4) is 0 Å². The molecule has 1 spiro atoms. The summed E-state index contributed by atoms with van der Waals surface area (Å²) in [4.78, 5) is 2.78. The number of hydrogen-bond donors (Lipinski definition) is 2. The van der Waals surface area contributed by atoms with E-state index in [1.807, 2.05) is 6.07 Å². The monoisotopic (exact) mass is 672 g/mol. The minimum atomic E-state index is -4.42. The summed E-state index contributed by atoms with van der Waals surface area (Å²) >= 11 is 0. The molecule has 2 aromatic carbocycles. The summed E-state index contributed by atoms with van der Waals surface area (Å²) in [5.74, 6) is 6.25. The summed E-state index contributed by atoms with van der Waals surface area (Å²) in [6.45, 7) is 5.20. The second-order valence-electron chi connectivity index (χ2n) is 13.2. The Labute approximate surface area is 274 Å². The highest BCUT2D eigenvalue weighted by atomic mass is 32.2. The van der Waals surface area contributed by atoms with E-state index in [4.69, 9.17) is 9.47 Å². The maximum atomic E-state index is 13.7. The lowest BCUT2D eigenvalue weighted by Crippen LogP contribution is -2.53. The van der Waals surface area contributed by atoms with Gasteiger partial charge in [-0.3, -0.25) is 0 Å². The van der Waals surface area contributed by atoms with Gasteiger partial charge in [0.2, 0.25) is 0 Å². The molecule has 2 saturated heterocycles. The van der Waals surface area contributed by atoms with Crippen molar-refractivity contribution in [2.24, 2.45) is 5.41 Å². The van der Waals surface area contributed by atoms with Crippen LogP contribution < -0.4 is 15.4 Å². The molecule has 0 unspecified atom stereocenters. The molecule has 3 aromatic rings. The number of sulfone groups is 1. The lowest BCUT2D eigenvalue weighted by Gasteiger charge is -2.49. The second-order valence-corrected chi connectivity index (χ2v) is 15.2. The van der Waals surface area contributed by atoms with Crippen molar-refractivity contribution in [3.05, 3.63) is 48.2 Å². The smallest absolute Gasteiger partial charge is 0.406 e. The Morgan fingerprint density at radius 2 is 1.79 bits per heavy atom. The van der Waals surface area contributed by atoms with Gasteiger partial charge in [-0.1, -0.05) is 12.0 Å². The highest BCUT2D eigenvalue weighted by Crippen LogP contribution is 2.40. The number of aromatic nitrogens is 1. The summed E-state index contributed by atoms with van der Waals surface area (Å²) in [5.41, 5.74) is 2.55. The number of ether oxygens (including phenoxy) is 2. The molecule has 2 N–H and O–H groups in total. The first kappa shape index (κ1) is 33.5. The molecule has 1 saturated carbocycles. The summed E-state index contributed by atoms with van der Waals surface area (Å²) in [7, 11) is -3.42. The molecule has 0 atom stereocenters. The zero-order valence-corrected chi connectivity index (χ0v) is 27.8. The van der Waals surface area contributed by atoms with E-state index in [9.17, 15) is 21.6 Å². The van der Waals surface area contributed by atoms with Gasteiger partial charge in [0.1, 0.15) is 12.3 Å². The predicted octanol–water partition coefficient (Wildman–Crippen LogP) is 6.30. The van der Waals surface area contributed by atoms with Crippen LogP contribution in [0.4, 0.5) is 24.5 Å². The largest absolute Gasteiger partial charge is 0.492 e. The summed E-state index contributed by atoms with van der Waals surface area (Å²) in [6.07, 6.45) is 3.39. The van der Waals surface area contributed by atoms with Crippen LogP contribution in [-0.2, 0) is 21.1 Å². The number of benzene rings is 2. The Bertz CT molecular complexity index is 1740. The van der Waals surface area contributed by atoms with Crippen molar-refractivity contribution in [3.63, 3.8) is 0 Å². The highest BCUT2D eigenvalue weighted by Gasteiger charge is 2.42. The molecular weight excluding hydrogens is 629 g/mol. The number of alkyl halides is 3. The fourth-order valence-electron chi connectivity index (χ4n) is 7.14. The van der Waals surface area contributed by atoms with Gasteiger partial charge in [-0.2, -0.15) is 13.2 Å². The van der Waals surface area contributed by atoms with Gasteiger partial charge in [0.25, 0.3) is 0 Å². The zero-order valence-electron chi connectivity index (χ0n) is 27.0.